The van der Waals surface area contributed by atoms with E-state index in [9.17, 15) is 18.4 Å². The summed E-state index contributed by atoms with van der Waals surface area (Å²) in [6.45, 7) is 2.23. The first-order valence-corrected chi connectivity index (χ1v) is 8.46. The zero-order valence-electron chi connectivity index (χ0n) is 12.9. The van der Waals surface area contributed by atoms with Crippen molar-refractivity contribution in [3.8, 4) is 0 Å². The molecule has 2 heterocycles. The van der Waals surface area contributed by atoms with E-state index in [0.29, 0.717) is 38.8 Å². The predicted octanol–water partition coefficient (Wildman–Crippen LogP) is 2.67. The number of thiophene rings is 1. The molecule has 0 aliphatic carbocycles. The van der Waals surface area contributed by atoms with Crippen LogP contribution in [-0.2, 0) is 0 Å². The van der Waals surface area contributed by atoms with Crippen LogP contribution in [0.1, 0.15) is 20.0 Å². The van der Waals surface area contributed by atoms with Gasteiger partial charge < -0.3 is 4.90 Å². The van der Waals surface area contributed by atoms with Crippen LogP contribution >= 0.6 is 11.3 Å². The summed E-state index contributed by atoms with van der Waals surface area (Å²) in [5.74, 6) is -1.94. The smallest absolute Gasteiger partial charge is 0.256 e. The van der Waals surface area contributed by atoms with E-state index in [0.717, 1.165) is 10.9 Å². The Labute approximate surface area is 142 Å². The third-order valence-corrected chi connectivity index (χ3v) is 4.90. The van der Waals surface area contributed by atoms with Gasteiger partial charge in [0.1, 0.15) is 11.6 Å². The number of hydrogen-bond donors (Lipinski definition) is 0. The molecular weight excluding hydrogens is 334 g/mol. The highest BCUT2D eigenvalue weighted by molar-refractivity contribution is 7.12. The number of benzene rings is 1. The molecule has 1 aromatic carbocycles. The monoisotopic (exact) mass is 350 g/mol. The van der Waals surface area contributed by atoms with Crippen LogP contribution in [0.2, 0.25) is 0 Å². The molecule has 1 aliphatic rings. The second-order valence-electron chi connectivity index (χ2n) is 5.59. The lowest BCUT2D eigenvalue weighted by Gasteiger charge is -2.34. The largest absolute Gasteiger partial charge is 0.336 e. The summed E-state index contributed by atoms with van der Waals surface area (Å²) in [7, 11) is 0. The highest BCUT2D eigenvalue weighted by atomic mass is 32.1. The molecule has 0 N–H and O–H groups in total. The maximum Gasteiger partial charge on any atom is 0.256 e. The molecule has 4 nitrogen and oxygen atoms in total. The molecule has 0 spiro atoms. The van der Waals surface area contributed by atoms with Gasteiger partial charge in [0, 0.05) is 32.2 Å². The first-order chi connectivity index (χ1) is 11.5. The average molecular weight is 350 g/mol. The number of nitrogens with zero attached hydrogens (tertiary/aromatic N) is 2. The molecule has 1 amide bonds. The zero-order valence-corrected chi connectivity index (χ0v) is 13.7. The van der Waals surface area contributed by atoms with Crippen molar-refractivity contribution in [2.75, 3.05) is 32.7 Å². The number of Topliss-reactive ketones (excluding diaryl/α,β-unsaturated/α-hetero) is 1. The van der Waals surface area contributed by atoms with E-state index in [1.54, 1.807) is 6.07 Å². The van der Waals surface area contributed by atoms with Crippen molar-refractivity contribution >= 4 is 23.0 Å². The minimum absolute atomic E-state index is 0.0642. The van der Waals surface area contributed by atoms with Crippen LogP contribution < -0.4 is 0 Å². The number of piperazine rings is 1. The Morgan fingerprint density at radius 1 is 1.08 bits per heavy atom. The molecule has 0 radical (unpaired) electrons. The third kappa shape index (κ3) is 3.68. The molecular formula is C17H16F2N2O2S. The number of amides is 1. The van der Waals surface area contributed by atoms with Crippen LogP contribution in [0.15, 0.2) is 35.7 Å². The Morgan fingerprint density at radius 2 is 1.83 bits per heavy atom. The Kier molecular flexibility index (Phi) is 5.01. The molecule has 0 bridgehead atoms. The van der Waals surface area contributed by atoms with Gasteiger partial charge in [0.05, 0.1) is 17.0 Å². The zero-order chi connectivity index (χ0) is 17.1. The minimum atomic E-state index is -0.852. The van der Waals surface area contributed by atoms with Gasteiger partial charge in [-0.05, 0) is 23.6 Å². The fourth-order valence-corrected chi connectivity index (χ4v) is 3.32. The molecule has 0 atom stereocenters. The molecule has 7 heteroatoms. The van der Waals surface area contributed by atoms with Crippen molar-refractivity contribution in [3.63, 3.8) is 0 Å². The van der Waals surface area contributed by atoms with E-state index in [-0.39, 0.29) is 11.3 Å². The van der Waals surface area contributed by atoms with Crippen molar-refractivity contribution in [2.45, 2.75) is 0 Å². The summed E-state index contributed by atoms with van der Waals surface area (Å²) < 4.78 is 26.7. The molecule has 2 aromatic rings. The van der Waals surface area contributed by atoms with E-state index in [1.165, 1.54) is 22.3 Å². The van der Waals surface area contributed by atoms with Crippen molar-refractivity contribution < 1.29 is 18.4 Å². The van der Waals surface area contributed by atoms with Gasteiger partial charge in [-0.15, -0.1) is 11.3 Å². The van der Waals surface area contributed by atoms with Gasteiger partial charge in [-0.3, -0.25) is 14.5 Å². The number of carbonyl (C=O) groups is 2. The summed E-state index contributed by atoms with van der Waals surface area (Å²) in [6, 6.07) is 6.59. The lowest BCUT2D eigenvalue weighted by atomic mass is 10.1. The van der Waals surface area contributed by atoms with Gasteiger partial charge in [0.15, 0.2) is 5.78 Å². The summed E-state index contributed by atoms with van der Waals surface area (Å²) in [6.07, 6.45) is 0. The SMILES string of the molecule is O=C(CN1CCN(C(=O)c2ccc(F)cc2F)CC1)c1cccs1. The molecule has 1 aliphatic heterocycles. The number of hydrogen-bond acceptors (Lipinski definition) is 4. The fourth-order valence-electron chi connectivity index (χ4n) is 2.66. The fraction of sp³-hybridized carbons (Fsp3) is 0.294. The Morgan fingerprint density at radius 3 is 2.46 bits per heavy atom. The van der Waals surface area contributed by atoms with Crippen LogP contribution in [0.4, 0.5) is 8.78 Å². The van der Waals surface area contributed by atoms with Gasteiger partial charge >= 0.3 is 0 Å². The molecule has 24 heavy (non-hydrogen) atoms. The van der Waals surface area contributed by atoms with Crippen LogP contribution in [0, 0.1) is 11.6 Å². The van der Waals surface area contributed by atoms with Gasteiger partial charge in [-0.25, -0.2) is 8.78 Å². The number of ketones is 1. The number of halogens is 2. The van der Waals surface area contributed by atoms with Crippen molar-refractivity contribution in [1.29, 1.82) is 0 Å². The number of carbonyl (C=O) groups excluding carboxylic acids is 2. The Balaban J connectivity index is 1.56. The quantitative estimate of drug-likeness (QED) is 0.796. The molecule has 0 unspecified atom stereocenters. The Bertz CT molecular complexity index is 741. The van der Waals surface area contributed by atoms with Gasteiger partial charge in [0.25, 0.3) is 5.91 Å². The maximum atomic E-state index is 13.7. The highest BCUT2D eigenvalue weighted by Gasteiger charge is 2.25. The molecule has 126 valence electrons. The van der Waals surface area contributed by atoms with Crippen molar-refractivity contribution in [1.82, 2.24) is 9.80 Å². The predicted molar refractivity (Wildman–Crippen MR) is 87.4 cm³/mol. The van der Waals surface area contributed by atoms with Crippen molar-refractivity contribution in [3.05, 3.63) is 57.8 Å². The highest BCUT2D eigenvalue weighted by Crippen LogP contribution is 2.15. The normalized spacial score (nSPS) is 15.5. The van der Waals surface area contributed by atoms with Crippen LogP contribution in [0.5, 0.6) is 0 Å². The van der Waals surface area contributed by atoms with E-state index >= 15 is 0 Å². The van der Waals surface area contributed by atoms with E-state index in [4.69, 9.17) is 0 Å². The summed E-state index contributed by atoms with van der Waals surface area (Å²) >= 11 is 1.41. The third-order valence-electron chi connectivity index (χ3n) is 3.98. The number of rotatable bonds is 4. The summed E-state index contributed by atoms with van der Waals surface area (Å²) in [4.78, 5) is 28.7. The lowest BCUT2D eigenvalue weighted by molar-refractivity contribution is 0.0621. The molecule has 1 fully saturated rings. The van der Waals surface area contributed by atoms with Crippen molar-refractivity contribution in [2.24, 2.45) is 0 Å². The first kappa shape index (κ1) is 16.7. The summed E-state index contributed by atoms with van der Waals surface area (Å²) in [5.41, 5.74) is -0.125. The molecule has 0 saturated carbocycles. The van der Waals surface area contributed by atoms with Crippen LogP contribution in [0.25, 0.3) is 0 Å². The van der Waals surface area contributed by atoms with Gasteiger partial charge in [0.2, 0.25) is 0 Å². The Hall–Kier alpha value is -2.12. The average Bonchev–Trinajstić information content (AvgIpc) is 3.09. The standard InChI is InChI=1S/C17H16F2N2O2S/c18-12-3-4-13(14(19)10-12)17(23)21-7-5-20(6-8-21)11-15(22)16-2-1-9-24-16/h1-4,9-10H,5-8,11H2. The molecule has 1 aromatic heterocycles. The van der Waals surface area contributed by atoms with Gasteiger partial charge in [-0.2, -0.15) is 0 Å². The van der Waals surface area contributed by atoms with Crippen LogP contribution in [-0.4, -0.2) is 54.2 Å². The molecule has 1 saturated heterocycles. The topological polar surface area (TPSA) is 40.6 Å². The lowest BCUT2D eigenvalue weighted by Crippen LogP contribution is -2.50. The maximum absolute atomic E-state index is 13.7. The van der Waals surface area contributed by atoms with E-state index in [1.807, 2.05) is 16.3 Å². The molecule has 3 rings (SSSR count). The van der Waals surface area contributed by atoms with E-state index < -0.39 is 17.5 Å². The van der Waals surface area contributed by atoms with Crippen LogP contribution in [0.3, 0.4) is 0 Å². The van der Waals surface area contributed by atoms with Gasteiger partial charge in [-0.1, -0.05) is 6.07 Å². The second-order valence-corrected chi connectivity index (χ2v) is 6.54. The first-order valence-electron chi connectivity index (χ1n) is 7.58. The minimum Gasteiger partial charge on any atom is -0.336 e. The summed E-state index contributed by atoms with van der Waals surface area (Å²) in [5, 5.41) is 1.86. The van der Waals surface area contributed by atoms with E-state index in [2.05, 4.69) is 0 Å². The second kappa shape index (κ2) is 7.19.